The van der Waals surface area contributed by atoms with Crippen molar-refractivity contribution in [2.24, 2.45) is 0 Å². The number of rotatable bonds is 7. The molecule has 0 bridgehead atoms. The van der Waals surface area contributed by atoms with Crippen LogP contribution in [0.5, 0.6) is 5.75 Å². The molecule has 2 heterocycles. The minimum Gasteiger partial charge on any atom is -0.481 e. The minimum absolute atomic E-state index is 0.0540. The fourth-order valence-electron chi connectivity index (χ4n) is 2.12. The largest absolute Gasteiger partial charge is 0.481 e. The summed E-state index contributed by atoms with van der Waals surface area (Å²) in [6, 6.07) is 7.78. The molecule has 2 aromatic heterocycles. The second-order valence-electron chi connectivity index (χ2n) is 5.12. The van der Waals surface area contributed by atoms with Crippen molar-refractivity contribution in [2.45, 2.75) is 6.54 Å². The summed E-state index contributed by atoms with van der Waals surface area (Å²) < 4.78 is 20.2. The molecule has 25 heavy (non-hydrogen) atoms. The van der Waals surface area contributed by atoms with Crippen LogP contribution in [0.15, 0.2) is 55.1 Å². The summed E-state index contributed by atoms with van der Waals surface area (Å²) in [5.41, 5.74) is 1.39. The number of hydrogen-bond donors (Lipinski definition) is 1. The minimum atomic E-state index is -0.497. The molecule has 3 rings (SSSR count). The van der Waals surface area contributed by atoms with E-state index < -0.39 is 5.82 Å². The number of carbonyl (C=O) groups is 1. The van der Waals surface area contributed by atoms with E-state index in [-0.39, 0.29) is 18.3 Å². The first-order chi connectivity index (χ1) is 12.2. The van der Waals surface area contributed by atoms with E-state index in [4.69, 9.17) is 4.74 Å². The molecule has 0 unspecified atom stereocenters. The molecule has 1 N–H and O–H groups in total. The van der Waals surface area contributed by atoms with E-state index in [9.17, 15) is 9.18 Å². The summed E-state index contributed by atoms with van der Waals surface area (Å²) in [6.45, 7) is 0.623. The second-order valence-corrected chi connectivity index (χ2v) is 5.12. The van der Waals surface area contributed by atoms with Gasteiger partial charge >= 0.3 is 0 Å². The summed E-state index contributed by atoms with van der Waals surface area (Å²) in [5.74, 6) is -0.772. The topological polar surface area (TPSA) is 81.9 Å². The Morgan fingerprint density at radius 1 is 1.20 bits per heavy atom. The van der Waals surface area contributed by atoms with E-state index in [1.54, 1.807) is 41.6 Å². The van der Waals surface area contributed by atoms with Gasteiger partial charge in [0.05, 0.1) is 12.7 Å². The van der Waals surface area contributed by atoms with Gasteiger partial charge in [0.25, 0.3) is 5.91 Å². The summed E-state index contributed by atoms with van der Waals surface area (Å²) in [6.07, 6.45) is 6.63. The van der Waals surface area contributed by atoms with E-state index in [0.717, 1.165) is 0 Å². The monoisotopic (exact) mass is 341 g/mol. The molecule has 0 aliphatic rings. The molecular weight excluding hydrogens is 325 g/mol. The third-order valence-electron chi connectivity index (χ3n) is 3.32. The van der Waals surface area contributed by atoms with Crippen LogP contribution < -0.4 is 10.1 Å². The molecule has 0 atom stereocenters. The number of para-hydroxylation sites is 1. The summed E-state index contributed by atoms with van der Waals surface area (Å²) in [7, 11) is 0. The van der Waals surface area contributed by atoms with Crippen molar-refractivity contribution in [3.8, 4) is 17.1 Å². The van der Waals surface area contributed by atoms with E-state index in [1.807, 2.05) is 6.07 Å². The lowest BCUT2D eigenvalue weighted by Gasteiger charge is -2.08. The summed E-state index contributed by atoms with van der Waals surface area (Å²) in [4.78, 5) is 19.9. The number of halogens is 1. The van der Waals surface area contributed by atoms with E-state index in [2.05, 4.69) is 20.4 Å². The number of amides is 1. The number of ether oxygens (including phenoxy) is 1. The van der Waals surface area contributed by atoms with Crippen LogP contribution in [-0.4, -0.2) is 38.8 Å². The zero-order chi connectivity index (χ0) is 17.5. The lowest BCUT2D eigenvalue weighted by molar-refractivity contribution is -0.123. The summed E-state index contributed by atoms with van der Waals surface area (Å²) >= 11 is 0. The number of carbonyl (C=O) groups excluding carboxylic acids is 1. The third kappa shape index (κ3) is 4.60. The molecule has 128 valence electrons. The fraction of sp³-hybridized carbons (Fsp3) is 0.176. The Balaban J connectivity index is 1.43. The third-order valence-corrected chi connectivity index (χ3v) is 3.32. The van der Waals surface area contributed by atoms with Crippen LogP contribution in [0.3, 0.4) is 0 Å². The number of aromatic nitrogens is 4. The highest BCUT2D eigenvalue weighted by atomic mass is 19.1. The van der Waals surface area contributed by atoms with Crippen LogP contribution in [0, 0.1) is 5.82 Å². The van der Waals surface area contributed by atoms with Crippen molar-refractivity contribution in [1.29, 1.82) is 0 Å². The van der Waals surface area contributed by atoms with Gasteiger partial charge in [0, 0.05) is 25.1 Å². The van der Waals surface area contributed by atoms with Crippen LogP contribution in [0.2, 0.25) is 0 Å². The van der Waals surface area contributed by atoms with Gasteiger partial charge in [-0.1, -0.05) is 12.1 Å². The van der Waals surface area contributed by atoms with Crippen molar-refractivity contribution < 1.29 is 13.9 Å². The van der Waals surface area contributed by atoms with Crippen molar-refractivity contribution in [3.05, 3.63) is 60.9 Å². The van der Waals surface area contributed by atoms with Crippen molar-refractivity contribution in [3.63, 3.8) is 0 Å². The average molecular weight is 341 g/mol. The van der Waals surface area contributed by atoms with E-state index in [1.165, 1.54) is 12.1 Å². The zero-order valence-corrected chi connectivity index (χ0v) is 13.3. The first-order valence-electron chi connectivity index (χ1n) is 7.66. The van der Waals surface area contributed by atoms with Gasteiger partial charge in [-0.2, -0.15) is 5.10 Å². The highest BCUT2D eigenvalue weighted by Gasteiger charge is 2.07. The van der Waals surface area contributed by atoms with E-state index >= 15 is 0 Å². The molecule has 1 amide bonds. The van der Waals surface area contributed by atoms with Crippen LogP contribution in [0.4, 0.5) is 4.39 Å². The molecule has 8 heteroatoms. The van der Waals surface area contributed by atoms with Crippen LogP contribution in [0.25, 0.3) is 11.4 Å². The first-order valence-corrected chi connectivity index (χ1v) is 7.66. The van der Waals surface area contributed by atoms with E-state index in [0.29, 0.717) is 24.5 Å². The smallest absolute Gasteiger partial charge is 0.258 e. The molecule has 0 fully saturated rings. The van der Waals surface area contributed by atoms with Gasteiger partial charge in [0.1, 0.15) is 11.4 Å². The maximum Gasteiger partial charge on any atom is 0.258 e. The molecule has 0 aliphatic carbocycles. The molecule has 0 radical (unpaired) electrons. The maximum absolute atomic E-state index is 13.4. The van der Waals surface area contributed by atoms with Gasteiger partial charge in [-0.25, -0.2) is 4.39 Å². The first kappa shape index (κ1) is 16.6. The number of benzene rings is 1. The Morgan fingerprint density at radius 2 is 2.08 bits per heavy atom. The lowest BCUT2D eigenvalue weighted by atomic mass is 10.3. The Bertz CT molecular complexity index is 838. The van der Waals surface area contributed by atoms with Crippen LogP contribution in [0.1, 0.15) is 0 Å². The normalized spacial score (nSPS) is 10.4. The number of nitrogens with one attached hydrogen (secondary N) is 1. The Hall–Kier alpha value is -3.29. The van der Waals surface area contributed by atoms with Gasteiger partial charge < -0.3 is 10.1 Å². The number of nitrogens with zero attached hydrogens (tertiary/aromatic N) is 4. The maximum atomic E-state index is 13.4. The van der Waals surface area contributed by atoms with Gasteiger partial charge in [-0.15, -0.1) is 0 Å². The summed E-state index contributed by atoms with van der Waals surface area (Å²) in [5, 5.41) is 7.06. The van der Waals surface area contributed by atoms with Gasteiger partial charge in [0.15, 0.2) is 18.2 Å². The molecule has 0 aliphatic heterocycles. The highest BCUT2D eigenvalue weighted by molar-refractivity contribution is 5.77. The van der Waals surface area contributed by atoms with Crippen molar-refractivity contribution >= 4 is 5.91 Å². The van der Waals surface area contributed by atoms with Crippen molar-refractivity contribution in [1.82, 2.24) is 25.1 Å². The molecule has 0 saturated carbocycles. The predicted octanol–water partition coefficient (Wildman–Crippen LogP) is 1.67. The molecule has 0 spiro atoms. The quantitative estimate of drug-likeness (QED) is 0.707. The Morgan fingerprint density at radius 3 is 2.88 bits per heavy atom. The molecule has 1 aromatic carbocycles. The Kier molecular flexibility index (Phi) is 5.30. The fourth-order valence-corrected chi connectivity index (χ4v) is 2.12. The van der Waals surface area contributed by atoms with Crippen molar-refractivity contribution in [2.75, 3.05) is 13.2 Å². The predicted molar refractivity (Wildman–Crippen MR) is 88.2 cm³/mol. The van der Waals surface area contributed by atoms with Gasteiger partial charge in [-0.3, -0.25) is 19.4 Å². The molecule has 0 saturated heterocycles. The van der Waals surface area contributed by atoms with Crippen LogP contribution in [-0.2, 0) is 11.3 Å². The SMILES string of the molecule is O=C(COc1ccccc1F)NCCn1ccc(-c2cnccn2)n1. The zero-order valence-electron chi connectivity index (χ0n) is 13.3. The molecule has 3 aromatic rings. The number of hydrogen-bond acceptors (Lipinski definition) is 5. The average Bonchev–Trinajstić information content (AvgIpc) is 3.11. The van der Waals surface area contributed by atoms with Gasteiger partial charge in [0.2, 0.25) is 0 Å². The highest BCUT2D eigenvalue weighted by Crippen LogP contribution is 2.15. The lowest BCUT2D eigenvalue weighted by Crippen LogP contribution is -2.31. The van der Waals surface area contributed by atoms with Crippen LogP contribution >= 0.6 is 0 Å². The second kappa shape index (κ2) is 8.00. The Labute approximate surface area is 143 Å². The van der Waals surface area contributed by atoms with Gasteiger partial charge in [-0.05, 0) is 18.2 Å². The standard InChI is InChI=1S/C17H16FN5O2/c18-13-3-1-2-4-16(13)25-12-17(24)21-8-10-23-9-5-14(22-23)15-11-19-6-7-20-15/h1-7,9,11H,8,10,12H2,(H,21,24). The molecular formula is C17H16FN5O2. The molecule has 7 nitrogen and oxygen atoms in total.